The van der Waals surface area contributed by atoms with Crippen molar-refractivity contribution in [1.29, 1.82) is 0 Å². The largest absolute Gasteiger partial charge is 0.481 e. The molecule has 0 radical (unpaired) electrons. The molecule has 2 unspecified atom stereocenters. The number of benzene rings is 1. The summed E-state index contributed by atoms with van der Waals surface area (Å²) in [5.41, 5.74) is 0. The van der Waals surface area contributed by atoms with Crippen molar-refractivity contribution < 1.29 is 14.6 Å². The fourth-order valence-electron chi connectivity index (χ4n) is 1.24. The Morgan fingerprint density at radius 1 is 1.35 bits per heavy atom. The van der Waals surface area contributed by atoms with E-state index in [0.29, 0.717) is 12.3 Å². The average Bonchev–Trinajstić information content (AvgIpc) is 2.36. The molecule has 1 amide bonds. The molecule has 0 saturated carbocycles. The van der Waals surface area contributed by atoms with Gasteiger partial charge in [-0.2, -0.15) is 0 Å². The molecule has 1 aromatic carbocycles. The van der Waals surface area contributed by atoms with Crippen LogP contribution in [0, 0.1) is 5.92 Å². The Labute approximate surface area is 102 Å². The van der Waals surface area contributed by atoms with E-state index in [2.05, 4.69) is 5.32 Å². The van der Waals surface area contributed by atoms with E-state index < -0.39 is 6.10 Å². The topological polar surface area (TPSA) is 58.6 Å². The van der Waals surface area contributed by atoms with Crippen LogP contribution in [0.2, 0.25) is 0 Å². The zero-order chi connectivity index (χ0) is 12.7. The fraction of sp³-hybridized carbons (Fsp3) is 0.462. The van der Waals surface area contributed by atoms with Crippen molar-refractivity contribution in [3.63, 3.8) is 0 Å². The summed E-state index contributed by atoms with van der Waals surface area (Å²) in [6.45, 7) is 4.08. The van der Waals surface area contributed by atoms with Crippen molar-refractivity contribution in [2.75, 3.05) is 13.2 Å². The van der Waals surface area contributed by atoms with Crippen LogP contribution in [0.1, 0.15) is 13.8 Å². The minimum atomic E-state index is -0.539. The van der Waals surface area contributed by atoms with Crippen molar-refractivity contribution in [2.24, 2.45) is 5.92 Å². The predicted molar refractivity (Wildman–Crippen MR) is 65.8 cm³/mol. The fourth-order valence-corrected chi connectivity index (χ4v) is 1.24. The minimum Gasteiger partial charge on any atom is -0.481 e. The molecule has 1 aromatic rings. The Hall–Kier alpha value is -1.55. The maximum atomic E-state index is 11.7. The predicted octanol–water partition coefficient (Wildman–Crippen LogP) is 1.20. The first-order valence-corrected chi connectivity index (χ1v) is 5.73. The zero-order valence-corrected chi connectivity index (χ0v) is 10.2. The molecule has 0 fully saturated rings. The van der Waals surface area contributed by atoms with Crippen LogP contribution < -0.4 is 10.1 Å². The summed E-state index contributed by atoms with van der Waals surface area (Å²) in [7, 11) is 0. The second-order valence-electron chi connectivity index (χ2n) is 4.11. The molecule has 2 atom stereocenters. The zero-order valence-electron chi connectivity index (χ0n) is 10.2. The van der Waals surface area contributed by atoms with E-state index in [-0.39, 0.29) is 18.4 Å². The van der Waals surface area contributed by atoms with E-state index >= 15 is 0 Å². The summed E-state index contributed by atoms with van der Waals surface area (Å²) in [4.78, 5) is 11.7. The molecule has 0 spiro atoms. The van der Waals surface area contributed by atoms with Gasteiger partial charge >= 0.3 is 0 Å². The number of rotatable bonds is 6. The molecule has 0 aliphatic heterocycles. The van der Waals surface area contributed by atoms with E-state index in [9.17, 15) is 4.79 Å². The third kappa shape index (κ3) is 4.87. The quantitative estimate of drug-likeness (QED) is 0.781. The highest BCUT2D eigenvalue weighted by Gasteiger charge is 2.14. The lowest BCUT2D eigenvalue weighted by Gasteiger charge is -2.16. The van der Waals surface area contributed by atoms with Crippen molar-refractivity contribution in [3.8, 4) is 5.75 Å². The smallest absolute Gasteiger partial charge is 0.260 e. The van der Waals surface area contributed by atoms with E-state index in [1.54, 1.807) is 19.1 Å². The van der Waals surface area contributed by atoms with Gasteiger partial charge in [-0.3, -0.25) is 4.79 Å². The van der Waals surface area contributed by atoms with Crippen molar-refractivity contribution >= 4 is 5.91 Å². The Kier molecular flexibility index (Phi) is 5.49. The first kappa shape index (κ1) is 13.5. The van der Waals surface area contributed by atoms with Crippen molar-refractivity contribution in [1.82, 2.24) is 5.32 Å². The minimum absolute atomic E-state index is 0.0582. The van der Waals surface area contributed by atoms with Gasteiger partial charge in [0.15, 0.2) is 6.10 Å². The normalized spacial score (nSPS) is 13.8. The van der Waals surface area contributed by atoms with E-state index in [4.69, 9.17) is 9.84 Å². The third-order valence-electron chi connectivity index (χ3n) is 2.36. The van der Waals surface area contributed by atoms with E-state index in [0.717, 1.165) is 0 Å². The van der Waals surface area contributed by atoms with Crippen LogP contribution in [-0.2, 0) is 4.79 Å². The highest BCUT2D eigenvalue weighted by molar-refractivity contribution is 5.80. The molecule has 0 saturated heterocycles. The highest BCUT2D eigenvalue weighted by Crippen LogP contribution is 2.10. The average molecular weight is 237 g/mol. The first-order chi connectivity index (χ1) is 8.13. The van der Waals surface area contributed by atoms with Crippen molar-refractivity contribution in [2.45, 2.75) is 20.0 Å². The van der Waals surface area contributed by atoms with Gasteiger partial charge in [0.25, 0.3) is 5.91 Å². The van der Waals surface area contributed by atoms with E-state index in [1.807, 2.05) is 25.1 Å². The highest BCUT2D eigenvalue weighted by atomic mass is 16.5. The van der Waals surface area contributed by atoms with Crippen LogP contribution in [0.5, 0.6) is 5.75 Å². The Morgan fingerprint density at radius 3 is 2.59 bits per heavy atom. The number of ether oxygens (including phenoxy) is 1. The molecule has 4 heteroatoms. The molecule has 0 bridgehead atoms. The van der Waals surface area contributed by atoms with Crippen LogP contribution in [0.3, 0.4) is 0 Å². The maximum absolute atomic E-state index is 11.7. The summed E-state index contributed by atoms with van der Waals surface area (Å²) in [5.74, 6) is 0.558. The summed E-state index contributed by atoms with van der Waals surface area (Å²) in [5, 5.41) is 11.6. The van der Waals surface area contributed by atoms with Crippen LogP contribution in [-0.4, -0.2) is 30.3 Å². The molecule has 4 nitrogen and oxygen atoms in total. The molecule has 0 aliphatic rings. The second kappa shape index (κ2) is 6.91. The molecule has 0 aliphatic carbocycles. The Morgan fingerprint density at radius 2 is 2.00 bits per heavy atom. The lowest BCUT2D eigenvalue weighted by molar-refractivity contribution is -0.127. The van der Waals surface area contributed by atoms with Crippen molar-refractivity contribution in [3.05, 3.63) is 30.3 Å². The van der Waals surface area contributed by atoms with Gasteiger partial charge in [-0.05, 0) is 25.0 Å². The number of hydrogen-bond donors (Lipinski definition) is 2. The molecule has 17 heavy (non-hydrogen) atoms. The SMILES string of the molecule is CC(CO)CNC(=O)C(C)Oc1ccccc1. The molecule has 94 valence electrons. The van der Waals surface area contributed by atoms with Gasteiger partial charge in [-0.25, -0.2) is 0 Å². The van der Waals surface area contributed by atoms with Crippen LogP contribution >= 0.6 is 0 Å². The maximum Gasteiger partial charge on any atom is 0.260 e. The molecule has 0 heterocycles. The van der Waals surface area contributed by atoms with Gasteiger partial charge in [-0.15, -0.1) is 0 Å². The monoisotopic (exact) mass is 237 g/mol. The van der Waals surface area contributed by atoms with E-state index in [1.165, 1.54) is 0 Å². The number of hydrogen-bond acceptors (Lipinski definition) is 3. The summed E-state index contributed by atoms with van der Waals surface area (Å²) in [6, 6.07) is 9.21. The van der Waals surface area contributed by atoms with Crippen LogP contribution in [0.4, 0.5) is 0 Å². The molecular weight excluding hydrogens is 218 g/mol. The number of amides is 1. The molecule has 1 rings (SSSR count). The molecular formula is C13H19NO3. The third-order valence-corrected chi connectivity index (χ3v) is 2.36. The summed E-state index contributed by atoms with van der Waals surface area (Å²) in [6.07, 6.45) is -0.539. The van der Waals surface area contributed by atoms with Gasteiger partial charge in [0.2, 0.25) is 0 Å². The number of nitrogens with one attached hydrogen (secondary N) is 1. The summed E-state index contributed by atoms with van der Waals surface area (Å²) >= 11 is 0. The van der Waals surface area contributed by atoms with Gasteiger partial charge in [0.1, 0.15) is 5.75 Å². The lowest BCUT2D eigenvalue weighted by atomic mass is 10.2. The molecule has 0 aromatic heterocycles. The first-order valence-electron chi connectivity index (χ1n) is 5.73. The summed E-state index contributed by atoms with van der Waals surface area (Å²) < 4.78 is 5.47. The number of carbonyl (C=O) groups is 1. The van der Waals surface area contributed by atoms with Crippen LogP contribution in [0.25, 0.3) is 0 Å². The number of para-hydroxylation sites is 1. The van der Waals surface area contributed by atoms with Gasteiger partial charge in [0, 0.05) is 13.2 Å². The van der Waals surface area contributed by atoms with Gasteiger partial charge in [-0.1, -0.05) is 25.1 Å². The Balaban J connectivity index is 2.37. The number of carbonyl (C=O) groups excluding carboxylic acids is 1. The number of aliphatic hydroxyl groups is 1. The van der Waals surface area contributed by atoms with Gasteiger partial charge in [0.05, 0.1) is 0 Å². The Bertz CT molecular complexity index is 340. The second-order valence-corrected chi connectivity index (χ2v) is 4.11. The standard InChI is InChI=1S/C13H19NO3/c1-10(9-15)8-14-13(16)11(2)17-12-6-4-3-5-7-12/h3-7,10-11,15H,8-9H2,1-2H3,(H,14,16). The molecule has 2 N–H and O–H groups in total. The number of aliphatic hydroxyl groups excluding tert-OH is 1. The van der Waals surface area contributed by atoms with Gasteiger partial charge < -0.3 is 15.2 Å². The van der Waals surface area contributed by atoms with Crippen LogP contribution in [0.15, 0.2) is 30.3 Å². The lowest BCUT2D eigenvalue weighted by Crippen LogP contribution is -2.39.